The molecular formula is C22H26N4O2. The van der Waals surface area contributed by atoms with Gasteiger partial charge in [0.05, 0.1) is 24.0 Å². The molecule has 28 heavy (non-hydrogen) atoms. The lowest BCUT2D eigenvalue weighted by Crippen LogP contribution is -2.28. The average Bonchev–Trinajstić information content (AvgIpc) is 3.30. The maximum Gasteiger partial charge on any atom is 0.271 e. The lowest BCUT2D eigenvalue weighted by atomic mass is 9.82. The van der Waals surface area contributed by atoms with Crippen molar-refractivity contribution in [2.24, 2.45) is 0 Å². The SMILES string of the molecule is CNC(=O)c1nn2cc(N3CC[C@](C)(c4ccccc4)C3)cc(C)c2c1CO. The number of hydrogen-bond acceptors (Lipinski definition) is 4. The minimum absolute atomic E-state index is 0.109. The number of carbonyl (C=O) groups is 1. The highest BCUT2D eigenvalue weighted by molar-refractivity contribution is 5.96. The molecule has 0 aliphatic carbocycles. The number of hydrogen-bond donors (Lipinski definition) is 2. The molecule has 2 aromatic heterocycles. The maximum atomic E-state index is 12.1. The second-order valence-corrected chi connectivity index (χ2v) is 7.84. The molecule has 1 aromatic carbocycles. The molecule has 1 saturated heterocycles. The van der Waals surface area contributed by atoms with Crippen LogP contribution in [0, 0.1) is 6.92 Å². The van der Waals surface area contributed by atoms with Crippen molar-refractivity contribution in [2.45, 2.75) is 32.3 Å². The molecule has 6 heteroatoms. The van der Waals surface area contributed by atoms with Gasteiger partial charge in [0.15, 0.2) is 5.69 Å². The minimum atomic E-state index is -0.286. The average molecular weight is 378 g/mol. The summed E-state index contributed by atoms with van der Waals surface area (Å²) in [4.78, 5) is 14.5. The van der Waals surface area contributed by atoms with Gasteiger partial charge in [0.1, 0.15) is 0 Å². The molecule has 146 valence electrons. The van der Waals surface area contributed by atoms with E-state index in [1.54, 1.807) is 11.6 Å². The topological polar surface area (TPSA) is 69.9 Å². The number of carbonyl (C=O) groups excluding carboxylic acids is 1. The molecule has 1 fully saturated rings. The molecule has 1 atom stereocenters. The van der Waals surface area contributed by atoms with E-state index in [2.05, 4.69) is 58.6 Å². The molecule has 0 unspecified atom stereocenters. The molecule has 4 rings (SSSR count). The first-order valence-corrected chi connectivity index (χ1v) is 9.62. The Kier molecular flexibility index (Phi) is 4.59. The van der Waals surface area contributed by atoms with Crippen LogP contribution in [0.4, 0.5) is 5.69 Å². The van der Waals surface area contributed by atoms with Crippen molar-refractivity contribution in [1.29, 1.82) is 0 Å². The lowest BCUT2D eigenvalue weighted by molar-refractivity contribution is 0.0955. The number of benzene rings is 1. The summed E-state index contributed by atoms with van der Waals surface area (Å²) in [5, 5.41) is 16.9. The number of aliphatic hydroxyl groups excluding tert-OH is 1. The van der Waals surface area contributed by atoms with Crippen molar-refractivity contribution in [2.75, 3.05) is 25.0 Å². The molecule has 1 aliphatic heterocycles. The van der Waals surface area contributed by atoms with E-state index in [-0.39, 0.29) is 23.6 Å². The van der Waals surface area contributed by atoms with Gasteiger partial charge >= 0.3 is 0 Å². The van der Waals surface area contributed by atoms with Crippen LogP contribution in [0.3, 0.4) is 0 Å². The standard InChI is InChI=1S/C22H26N4O2/c1-15-11-17(12-26-20(15)18(13-27)19(24-26)21(28)23-3)25-10-9-22(2,14-25)16-7-5-4-6-8-16/h4-8,11-12,27H,9-10,13-14H2,1-3H3,(H,23,28)/t22-/m0/s1. The van der Waals surface area contributed by atoms with Crippen molar-refractivity contribution in [1.82, 2.24) is 14.9 Å². The fraction of sp³-hybridized carbons (Fsp3) is 0.364. The molecule has 0 saturated carbocycles. The van der Waals surface area contributed by atoms with Crippen LogP contribution in [0.1, 0.15) is 40.5 Å². The molecule has 0 bridgehead atoms. The van der Waals surface area contributed by atoms with Crippen LogP contribution in [0.5, 0.6) is 0 Å². The Hall–Kier alpha value is -2.86. The summed E-state index contributed by atoms with van der Waals surface area (Å²) >= 11 is 0. The maximum absolute atomic E-state index is 12.1. The second-order valence-electron chi connectivity index (χ2n) is 7.84. The van der Waals surface area contributed by atoms with Gasteiger partial charge in [0, 0.05) is 31.1 Å². The highest BCUT2D eigenvalue weighted by Gasteiger charge is 2.35. The van der Waals surface area contributed by atoms with Crippen molar-refractivity contribution < 1.29 is 9.90 Å². The van der Waals surface area contributed by atoms with Crippen molar-refractivity contribution >= 4 is 17.1 Å². The zero-order valence-electron chi connectivity index (χ0n) is 16.6. The summed E-state index contributed by atoms with van der Waals surface area (Å²) in [5.41, 5.74) is 5.20. The molecule has 3 aromatic rings. The van der Waals surface area contributed by atoms with E-state index in [0.717, 1.165) is 36.3 Å². The van der Waals surface area contributed by atoms with Gasteiger partial charge in [0.25, 0.3) is 5.91 Å². The van der Waals surface area contributed by atoms with Crippen LogP contribution >= 0.6 is 0 Å². The zero-order chi connectivity index (χ0) is 19.9. The van der Waals surface area contributed by atoms with Gasteiger partial charge in [-0.1, -0.05) is 37.3 Å². The molecule has 2 N–H and O–H groups in total. The van der Waals surface area contributed by atoms with Crippen LogP contribution in [0.2, 0.25) is 0 Å². The third-order valence-corrected chi connectivity index (χ3v) is 5.91. The van der Waals surface area contributed by atoms with Crippen LogP contribution in [0.15, 0.2) is 42.6 Å². The van der Waals surface area contributed by atoms with Gasteiger partial charge < -0.3 is 15.3 Å². The number of rotatable bonds is 4. The largest absolute Gasteiger partial charge is 0.392 e. The van der Waals surface area contributed by atoms with Gasteiger partial charge in [-0.25, -0.2) is 4.52 Å². The van der Waals surface area contributed by atoms with Gasteiger partial charge in [-0.15, -0.1) is 0 Å². The normalized spacial score (nSPS) is 19.4. The number of pyridine rings is 1. The first-order valence-electron chi connectivity index (χ1n) is 9.62. The summed E-state index contributed by atoms with van der Waals surface area (Å²) in [6.07, 6.45) is 3.04. The first kappa shape index (κ1) is 18.5. The molecule has 6 nitrogen and oxygen atoms in total. The van der Waals surface area contributed by atoms with Crippen LogP contribution in [-0.2, 0) is 12.0 Å². The van der Waals surface area contributed by atoms with E-state index >= 15 is 0 Å². The highest BCUT2D eigenvalue weighted by atomic mass is 16.3. The van der Waals surface area contributed by atoms with Crippen LogP contribution in [0.25, 0.3) is 5.52 Å². The fourth-order valence-corrected chi connectivity index (χ4v) is 4.31. The first-order chi connectivity index (χ1) is 13.5. The number of anilines is 1. The Bertz CT molecular complexity index is 1030. The third-order valence-electron chi connectivity index (χ3n) is 5.91. The van der Waals surface area contributed by atoms with Crippen molar-refractivity contribution in [3.63, 3.8) is 0 Å². The summed E-state index contributed by atoms with van der Waals surface area (Å²) < 4.78 is 1.74. The number of nitrogens with one attached hydrogen (secondary N) is 1. The Labute approximate surface area is 164 Å². The van der Waals surface area contributed by atoms with Gasteiger partial charge in [-0.3, -0.25) is 4.79 Å². The third kappa shape index (κ3) is 2.94. The Morgan fingerprint density at radius 2 is 2.07 bits per heavy atom. The van der Waals surface area contributed by atoms with Gasteiger partial charge in [0.2, 0.25) is 0 Å². The summed E-state index contributed by atoms with van der Waals surface area (Å²) in [6, 6.07) is 12.8. The van der Waals surface area contributed by atoms with E-state index < -0.39 is 0 Å². The van der Waals surface area contributed by atoms with E-state index in [1.165, 1.54) is 5.56 Å². The van der Waals surface area contributed by atoms with Gasteiger partial charge in [-0.2, -0.15) is 5.10 Å². The minimum Gasteiger partial charge on any atom is -0.392 e. The Morgan fingerprint density at radius 1 is 1.32 bits per heavy atom. The van der Waals surface area contributed by atoms with E-state index in [9.17, 15) is 9.90 Å². The number of fused-ring (bicyclic) bond motifs is 1. The fourth-order valence-electron chi connectivity index (χ4n) is 4.31. The second kappa shape index (κ2) is 6.95. The molecule has 3 heterocycles. The van der Waals surface area contributed by atoms with Crippen LogP contribution in [-0.4, -0.2) is 40.8 Å². The van der Waals surface area contributed by atoms with Crippen molar-refractivity contribution in [3.05, 3.63) is 65.0 Å². The highest BCUT2D eigenvalue weighted by Crippen LogP contribution is 2.37. The van der Waals surface area contributed by atoms with E-state index in [0.29, 0.717) is 5.56 Å². The number of aromatic nitrogens is 2. The van der Waals surface area contributed by atoms with Crippen LogP contribution < -0.4 is 10.2 Å². The zero-order valence-corrected chi connectivity index (χ0v) is 16.6. The molecular weight excluding hydrogens is 352 g/mol. The molecule has 0 radical (unpaired) electrons. The van der Waals surface area contributed by atoms with Gasteiger partial charge in [-0.05, 0) is 30.5 Å². The summed E-state index contributed by atoms with van der Waals surface area (Å²) in [6.45, 7) is 5.99. The number of aliphatic hydroxyl groups is 1. The molecule has 1 amide bonds. The quantitative estimate of drug-likeness (QED) is 0.732. The molecule has 0 spiro atoms. The smallest absolute Gasteiger partial charge is 0.271 e. The molecule has 1 aliphatic rings. The van der Waals surface area contributed by atoms with E-state index in [4.69, 9.17) is 0 Å². The van der Waals surface area contributed by atoms with Crippen molar-refractivity contribution in [3.8, 4) is 0 Å². The summed E-state index contributed by atoms with van der Waals surface area (Å²) in [7, 11) is 1.57. The predicted octanol–water partition coefficient (Wildman–Crippen LogP) is 2.66. The lowest BCUT2D eigenvalue weighted by Gasteiger charge is -2.26. The predicted molar refractivity (Wildman–Crippen MR) is 110 cm³/mol. The Morgan fingerprint density at radius 3 is 2.75 bits per heavy atom. The number of amides is 1. The van der Waals surface area contributed by atoms with E-state index in [1.807, 2.05) is 13.1 Å². The summed E-state index contributed by atoms with van der Waals surface area (Å²) in [5.74, 6) is -0.286. The monoisotopic (exact) mass is 378 g/mol. The number of aryl methyl sites for hydroxylation is 1. The number of nitrogens with zero attached hydrogens (tertiary/aromatic N) is 3. The Balaban J connectivity index is 1.72.